The number of nitrogens with zero attached hydrogens (tertiary/aromatic N) is 1. The molecule has 1 saturated heterocycles. The van der Waals surface area contributed by atoms with Crippen LogP contribution < -0.4 is 10.6 Å². The molecule has 1 unspecified atom stereocenters. The summed E-state index contributed by atoms with van der Waals surface area (Å²) >= 11 is 0. The normalized spacial score (nSPS) is 27.4. The van der Waals surface area contributed by atoms with E-state index in [1.165, 1.54) is 0 Å². The first-order valence-corrected chi connectivity index (χ1v) is 4.55. The second-order valence-corrected chi connectivity index (χ2v) is 3.76. The molecule has 1 aliphatic heterocycles. The van der Waals surface area contributed by atoms with Crippen molar-refractivity contribution in [3.8, 4) is 0 Å². The third kappa shape index (κ3) is 1.39. The van der Waals surface area contributed by atoms with Crippen LogP contribution in [0.2, 0.25) is 0 Å². The minimum Gasteiger partial charge on any atom is -0.361 e. The third-order valence-electron chi connectivity index (χ3n) is 2.62. The Kier molecular flexibility index (Phi) is 2.03. The number of carbonyl (C=O) groups is 1. The summed E-state index contributed by atoms with van der Waals surface area (Å²) in [6.07, 6.45) is 1.69. The summed E-state index contributed by atoms with van der Waals surface area (Å²) in [4.78, 5) is 11.0. The van der Waals surface area contributed by atoms with Crippen LogP contribution in [0, 0.1) is 6.92 Å². The molecule has 1 aliphatic rings. The van der Waals surface area contributed by atoms with E-state index in [4.69, 9.17) is 4.52 Å². The lowest BCUT2D eigenvalue weighted by Gasteiger charge is -2.34. The van der Waals surface area contributed by atoms with Crippen molar-refractivity contribution in [3.63, 3.8) is 0 Å². The molecule has 5 heteroatoms. The molecule has 76 valence electrons. The predicted molar refractivity (Wildman–Crippen MR) is 49.6 cm³/mol. The quantitative estimate of drug-likeness (QED) is 0.657. The minimum absolute atomic E-state index is 0.0246. The Morgan fingerprint density at radius 2 is 2.43 bits per heavy atom. The van der Waals surface area contributed by atoms with E-state index in [9.17, 15) is 4.79 Å². The lowest BCUT2D eigenvalue weighted by molar-refractivity contribution is -0.122. The molecule has 0 saturated carbocycles. The first-order valence-electron chi connectivity index (χ1n) is 4.55. The molecule has 0 bridgehead atoms. The van der Waals surface area contributed by atoms with Gasteiger partial charge in [0.25, 0.3) is 0 Å². The summed E-state index contributed by atoms with van der Waals surface area (Å²) in [7, 11) is 0. The van der Waals surface area contributed by atoms with Crippen LogP contribution in [0.5, 0.6) is 0 Å². The van der Waals surface area contributed by atoms with Crippen molar-refractivity contribution in [3.05, 3.63) is 17.5 Å². The van der Waals surface area contributed by atoms with Crippen molar-refractivity contribution >= 4 is 5.91 Å². The van der Waals surface area contributed by atoms with Gasteiger partial charge in [0.1, 0.15) is 5.76 Å². The van der Waals surface area contributed by atoms with Gasteiger partial charge < -0.3 is 9.84 Å². The average Bonchev–Trinajstić information content (AvgIpc) is 2.58. The molecule has 1 atom stereocenters. The maximum Gasteiger partial charge on any atom is 0.234 e. The maximum atomic E-state index is 11.0. The van der Waals surface area contributed by atoms with E-state index in [-0.39, 0.29) is 11.4 Å². The molecule has 0 aliphatic carbocycles. The van der Waals surface area contributed by atoms with Crippen LogP contribution in [0.25, 0.3) is 0 Å². The molecular weight excluding hydrogens is 182 g/mol. The van der Waals surface area contributed by atoms with Gasteiger partial charge in [-0.05, 0) is 13.8 Å². The zero-order valence-electron chi connectivity index (χ0n) is 8.26. The number of amides is 1. The highest BCUT2D eigenvalue weighted by atomic mass is 16.5. The van der Waals surface area contributed by atoms with Crippen LogP contribution in [-0.4, -0.2) is 24.2 Å². The van der Waals surface area contributed by atoms with E-state index < -0.39 is 0 Å². The second kappa shape index (κ2) is 3.09. The molecule has 1 aromatic heterocycles. The van der Waals surface area contributed by atoms with Gasteiger partial charge in [0.05, 0.1) is 18.3 Å². The molecule has 5 nitrogen and oxygen atoms in total. The Morgan fingerprint density at radius 3 is 2.93 bits per heavy atom. The van der Waals surface area contributed by atoms with E-state index in [0.717, 1.165) is 11.3 Å². The Labute approximate surface area is 81.8 Å². The molecule has 2 rings (SSSR count). The van der Waals surface area contributed by atoms with Gasteiger partial charge in [-0.25, -0.2) is 0 Å². The van der Waals surface area contributed by atoms with Gasteiger partial charge >= 0.3 is 0 Å². The number of hydrogen-bond donors (Lipinski definition) is 2. The average molecular weight is 195 g/mol. The summed E-state index contributed by atoms with van der Waals surface area (Å²) in [5.74, 6) is 0.813. The fourth-order valence-corrected chi connectivity index (χ4v) is 1.70. The Morgan fingerprint density at radius 1 is 1.64 bits per heavy atom. The van der Waals surface area contributed by atoms with Gasteiger partial charge in [0, 0.05) is 12.1 Å². The summed E-state index contributed by atoms with van der Waals surface area (Å²) < 4.78 is 5.01. The second-order valence-electron chi connectivity index (χ2n) is 3.76. The van der Waals surface area contributed by atoms with Crippen molar-refractivity contribution in [2.45, 2.75) is 19.4 Å². The third-order valence-corrected chi connectivity index (χ3v) is 2.62. The fraction of sp³-hybridized carbons (Fsp3) is 0.556. The van der Waals surface area contributed by atoms with E-state index in [2.05, 4.69) is 15.8 Å². The van der Waals surface area contributed by atoms with Crippen LogP contribution in [0.4, 0.5) is 0 Å². The van der Waals surface area contributed by atoms with Gasteiger partial charge in [0.15, 0.2) is 0 Å². The Hall–Kier alpha value is -1.36. The van der Waals surface area contributed by atoms with Crippen LogP contribution in [0.3, 0.4) is 0 Å². The predicted octanol–water partition coefficient (Wildman–Crippen LogP) is -0.0824. The number of hydrogen-bond acceptors (Lipinski definition) is 4. The molecule has 14 heavy (non-hydrogen) atoms. The number of nitrogens with one attached hydrogen (secondary N) is 2. The van der Waals surface area contributed by atoms with E-state index in [1.807, 2.05) is 13.8 Å². The highest BCUT2D eigenvalue weighted by molar-refractivity contribution is 5.79. The van der Waals surface area contributed by atoms with E-state index >= 15 is 0 Å². The topological polar surface area (TPSA) is 67.2 Å². The SMILES string of the molecule is Cc1oncc1C1(C)CNC(=O)CN1. The molecule has 2 N–H and O–H groups in total. The van der Waals surface area contributed by atoms with Gasteiger partial charge in [-0.3, -0.25) is 10.1 Å². The standard InChI is InChI=1S/C9H13N3O2/c1-6-7(3-12-14-6)9(2)5-10-8(13)4-11-9/h3,11H,4-5H2,1-2H3,(H,10,13). The van der Waals surface area contributed by atoms with Gasteiger partial charge in [-0.2, -0.15) is 0 Å². The first kappa shape index (κ1) is 9.21. The molecule has 0 spiro atoms. The molecule has 1 aromatic rings. The summed E-state index contributed by atoms with van der Waals surface area (Å²) in [6, 6.07) is 0. The fourth-order valence-electron chi connectivity index (χ4n) is 1.70. The lowest BCUT2D eigenvalue weighted by Crippen LogP contribution is -2.57. The number of rotatable bonds is 1. The van der Waals surface area contributed by atoms with Crippen molar-refractivity contribution < 1.29 is 9.32 Å². The maximum absolute atomic E-state index is 11.0. The largest absolute Gasteiger partial charge is 0.361 e. The number of piperazine rings is 1. The summed E-state index contributed by atoms with van der Waals surface area (Å²) in [5, 5.41) is 9.73. The van der Waals surface area contributed by atoms with Crippen molar-refractivity contribution in [2.75, 3.05) is 13.1 Å². The van der Waals surface area contributed by atoms with Crippen LogP contribution >= 0.6 is 0 Å². The van der Waals surface area contributed by atoms with Crippen LogP contribution in [0.15, 0.2) is 10.7 Å². The smallest absolute Gasteiger partial charge is 0.234 e. The molecule has 1 amide bonds. The highest BCUT2D eigenvalue weighted by Crippen LogP contribution is 2.24. The van der Waals surface area contributed by atoms with Gasteiger partial charge in [0.2, 0.25) is 5.91 Å². The van der Waals surface area contributed by atoms with Gasteiger partial charge in [-0.1, -0.05) is 5.16 Å². The summed E-state index contributed by atoms with van der Waals surface area (Å²) in [5.41, 5.74) is 0.732. The minimum atomic E-state index is -0.266. The van der Waals surface area contributed by atoms with Crippen molar-refractivity contribution in [1.82, 2.24) is 15.8 Å². The number of aromatic nitrogens is 1. The number of aryl methyl sites for hydroxylation is 1. The molecule has 2 heterocycles. The molecule has 1 fully saturated rings. The Balaban J connectivity index is 2.25. The number of carbonyl (C=O) groups excluding carboxylic acids is 1. The van der Waals surface area contributed by atoms with Crippen molar-refractivity contribution in [2.24, 2.45) is 0 Å². The van der Waals surface area contributed by atoms with Crippen LogP contribution in [-0.2, 0) is 10.3 Å². The van der Waals surface area contributed by atoms with Crippen molar-refractivity contribution in [1.29, 1.82) is 0 Å². The van der Waals surface area contributed by atoms with Crippen LogP contribution in [0.1, 0.15) is 18.2 Å². The first-order chi connectivity index (χ1) is 6.62. The lowest BCUT2D eigenvalue weighted by atomic mass is 9.91. The summed E-state index contributed by atoms with van der Waals surface area (Å²) in [6.45, 7) is 4.78. The highest BCUT2D eigenvalue weighted by Gasteiger charge is 2.33. The van der Waals surface area contributed by atoms with E-state index in [1.54, 1.807) is 6.20 Å². The molecule has 0 aromatic carbocycles. The molecular formula is C9H13N3O2. The molecule has 0 radical (unpaired) electrons. The monoisotopic (exact) mass is 195 g/mol. The Bertz CT molecular complexity index is 349. The zero-order chi connectivity index (χ0) is 10.2. The van der Waals surface area contributed by atoms with Gasteiger partial charge in [-0.15, -0.1) is 0 Å². The van der Waals surface area contributed by atoms with E-state index in [0.29, 0.717) is 13.1 Å². The zero-order valence-corrected chi connectivity index (χ0v) is 8.26.